The van der Waals surface area contributed by atoms with Crippen LogP contribution in [0.5, 0.6) is 0 Å². The molecule has 1 aromatic heterocycles. The lowest BCUT2D eigenvalue weighted by Crippen LogP contribution is -2.29. The van der Waals surface area contributed by atoms with Gasteiger partial charge in [0, 0.05) is 25.4 Å². The predicted molar refractivity (Wildman–Crippen MR) is 93.7 cm³/mol. The second-order valence-electron chi connectivity index (χ2n) is 6.44. The summed E-state index contributed by atoms with van der Waals surface area (Å²) in [4.78, 5) is 26.1. The van der Waals surface area contributed by atoms with E-state index < -0.39 is 11.9 Å². The Labute approximate surface area is 147 Å². The molecule has 3 rings (SSSR count). The fourth-order valence-electron chi connectivity index (χ4n) is 3.58. The summed E-state index contributed by atoms with van der Waals surface area (Å²) in [5.41, 5.74) is 1.99. The third-order valence-corrected chi connectivity index (χ3v) is 4.96. The van der Waals surface area contributed by atoms with Gasteiger partial charge >= 0.3 is 5.97 Å². The van der Waals surface area contributed by atoms with Crippen LogP contribution in [-0.4, -0.2) is 35.0 Å². The summed E-state index contributed by atoms with van der Waals surface area (Å²) in [5.74, 6) is -0.747. The number of benzene rings is 1. The Balaban J connectivity index is 1.85. The Bertz CT molecular complexity index is 744. The van der Waals surface area contributed by atoms with E-state index in [-0.39, 0.29) is 18.4 Å². The minimum Gasteiger partial charge on any atom is -0.481 e. The van der Waals surface area contributed by atoms with Crippen LogP contribution in [0.1, 0.15) is 47.2 Å². The van der Waals surface area contributed by atoms with Crippen LogP contribution >= 0.6 is 0 Å². The van der Waals surface area contributed by atoms with Gasteiger partial charge in [-0.1, -0.05) is 44.2 Å². The van der Waals surface area contributed by atoms with E-state index in [0.717, 1.165) is 29.7 Å². The first kappa shape index (κ1) is 17.3. The first-order chi connectivity index (χ1) is 12.0. The standard InChI is InChI=1S/C20H23NO4/c1-3-13-10-18(25-17(13)4-2)19(22)21-11-15(16(12-21)20(23)24)14-8-6-5-7-9-14/h5-10,15-16H,3-4,11-12H2,1-2H3,(H,23,24)/t15-,16-/m0/s1. The van der Waals surface area contributed by atoms with Crippen molar-refractivity contribution in [3.8, 4) is 0 Å². The number of hydrogen-bond donors (Lipinski definition) is 1. The molecule has 0 bridgehead atoms. The molecular formula is C20H23NO4. The molecule has 1 N–H and O–H groups in total. The summed E-state index contributed by atoms with van der Waals surface area (Å²) in [6.45, 7) is 4.62. The minimum absolute atomic E-state index is 0.200. The number of carboxylic acids is 1. The maximum absolute atomic E-state index is 12.8. The summed E-state index contributed by atoms with van der Waals surface area (Å²) in [7, 11) is 0. The second kappa shape index (κ2) is 7.13. The zero-order chi connectivity index (χ0) is 18.0. The number of furan rings is 1. The summed E-state index contributed by atoms with van der Waals surface area (Å²) in [5, 5.41) is 9.58. The van der Waals surface area contributed by atoms with Crippen molar-refractivity contribution in [3.05, 3.63) is 59.0 Å². The van der Waals surface area contributed by atoms with E-state index in [4.69, 9.17) is 4.42 Å². The number of aryl methyl sites for hydroxylation is 2. The van der Waals surface area contributed by atoms with Gasteiger partial charge in [0.1, 0.15) is 5.76 Å². The van der Waals surface area contributed by atoms with Gasteiger partial charge in [-0.15, -0.1) is 0 Å². The molecule has 1 aromatic carbocycles. The molecule has 1 saturated heterocycles. The summed E-state index contributed by atoms with van der Waals surface area (Å²) in [6.07, 6.45) is 1.55. The van der Waals surface area contributed by atoms with E-state index in [9.17, 15) is 14.7 Å². The number of carbonyl (C=O) groups is 2. The van der Waals surface area contributed by atoms with Crippen LogP contribution in [-0.2, 0) is 17.6 Å². The largest absolute Gasteiger partial charge is 0.481 e. The SMILES string of the molecule is CCc1cc(C(=O)N2C[C@H](C(=O)O)[C@H](c3ccccc3)C2)oc1CC. The van der Waals surface area contributed by atoms with E-state index in [1.165, 1.54) is 0 Å². The fourth-order valence-corrected chi connectivity index (χ4v) is 3.58. The zero-order valence-electron chi connectivity index (χ0n) is 14.6. The maximum Gasteiger partial charge on any atom is 0.308 e. The fraction of sp³-hybridized carbons (Fsp3) is 0.400. The van der Waals surface area contributed by atoms with Crippen molar-refractivity contribution in [2.24, 2.45) is 5.92 Å². The van der Waals surface area contributed by atoms with Gasteiger partial charge in [0.25, 0.3) is 5.91 Å². The summed E-state index contributed by atoms with van der Waals surface area (Å²) in [6, 6.07) is 11.3. The number of hydrogen-bond acceptors (Lipinski definition) is 3. The van der Waals surface area contributed by atoms with Crippen molar-refractivity contribution in [2.75, 3.05) is 13.1 Å². The second-order valence-corrected chi connectivity index (χ2v) is 6.44. The maximum atomic E-state index is 12.8. The van der Waals surface area contributed by atoms with E-state index in [2.05, 4.69) is 0 Å². The number of likely N-dealkylation sites (tertiary alicyclic amines) is 1. The number of amides is 1. The molecule has 1 aliphatic heterocycles. The third kappa shape index (κ3) is 3.31. The van der Waals surface area contributed by atoms with Crippen LogP contribution in [0.3, 0.4) is 0 Å². The smallest absolute Gasteiger partial charge is 0.308 e. The molecule has 2 atom stereocenters. The molecule has 132 valence electrons. The molecule has 0 radical (unpaired) electrons. The lowest BCUT2D eigenvalue weighted by atomic mass is 9.89. The molecule has 0 unspecified atom stereocenters. The van der Waals surface area contributed by atoms with E-state index in [1.54, 1.807) is 11.0 Å². The third-order valence-electron chi connectivity index (χ3n) is 4.96. The van der Waals surface area contributed by atoms with Crippen LogP contribution < -0.4 is 0 Å². The Morgan fingerprint density at radius 2 is 1.88 bits per heavy atom. The first-order valence-corrected chi connectivity index (χ1v) is 8.73. The zero-order valence-corrected chi connectivity index (χ0v) is 14.6. The Morgan fingerprint density at radius 1 is 1.16 bits per heavy atom. The molecular weight excluding hydrogens is 318 g/mol. The highest BCUT2D eigenvalue weighted by Gasteiger charge is 2.41. The Hall–Kier alpha value is -2.56. The van der Waals surface area contributed by atoms with Crippen molar-refractivity contribution in [2.45, 2.75) is 32.6 Å². The topological polar surface area (TPSA) is 70.8 Å². The lowest BCUT2D eigenvalue weighted by molar-refractivity contribution is -0.141. The molecule has 2 aromatic rings. The monoisotopic (exact) mass is 341 g/mol. The van der Waals surface area contributed by atoms with Crippen molar-refractivity contribution >= 4 is 11.9 Å². The van der Waals surface area contributed by atoms with Crippen LogP contribution in [0.4, 0.5) is 0 Å². The highest BCUT2D eigenvalue weighted by atomic mass is 16.4. The molecule has 5 heteroatoms. The average molecular weight is 341 g/mol. The molecule has 0 aliphatic carbocycles. The molecule has 1 amide bonds. The Kier molecular flexibility index (Phi) is 4.93. The average Bonchev–Trinajstić information content (AvgIpc) is 3.26. The summed E-state index contributed by atoms with van der Waals surface area (Å²) >= 11 is 0. The van der Waals surface area contributed by atoms with Gasteiger partial charge in [-0.2, -0.15) is 0 Å². The number of rotatable bonds is 5. The minimum atomic E-state index is -0.868. The normalized spacial score (nSPS) is 20.0. The molecule has 2 heterocycles. The van der Waals surface area contributed by atoms with Crippen LogP contribution in [0.25, 0.3) is 0 Å². The van der Waals surface area contributed by atoms with Crippen molar-refractivity contribution in [3.63, 3.8) is 0 Å². The van der Waals surface area contributed by atoms with Gasteiger partial charge in [0.05, 0.1) is 5.92 Å². The van der Waals surface area contributed by atoms with E-state index in [1.807, 2.05) is 44.2 Å². The highest BCUT2D eigenvalue weighted by Crippen LogP contribution is 2.34. The quantitative estimate of drug-likeness (QED) is 0.905. The molecule has 1 aliphatic rings. The van der Waals surface area contributed by atoms with Gasteiger partial charge in [-0.3, -0.25) is 9.59 Å². The molecule has 1 fully saturated rings. The highest BCUT2D eigenvalue weighted by molar-refractivity contribution is 5.92. The van der Waals surface area contributed by atoms with Crippen molar-refractivity contribution in [1.82, 2.24) is 4.90 Å². The first-order valence-electron chi connectivity index (χ1n) is 8.73. The molecule has 0 spiro atoms. The van der Waals surface area contributed by atoms with Crippen LogP contribution in [0.2, 0.25) is 0 Å². The molecule has 25 heavy (non-hydrogen) atoms. The van der Waals surface area contributed by atoms with E-state index in [0.29, 0.717) is 12.3 Å². The van der Waals surface area contributed by atoms with Gasteiger partial charge in [-0.25, -0.2) is 0 Å². The van der Waals surface area contributed by atoms with Crippen LogP contribution in [0, 0.1) is 5.92 Å². The van der Waals surface area contributed by atoms with Gasteiger partial charge in [-0.05, 0) is 23.6 Å². The van der Waals surface area contributed by atoms with E-state index >= 15 is 0 Å². The van der Waals surface area contributed by atoms with Gasteiger partial charge in [0.15, 0.2) is 5.76 Å². The van der Waals surface area contributed by atoms with Crippen molar-refractivity contribution < 1.29 is 19.1 Å². The van der Waals surface area contributed by atoms with Crippen molar-refractivity contribution in [1.29, 1.82) is 0 Å². The molecule has 5 nitrogen and oxygen atoms in total. The predicted octanol–water partition coefficient (Wildman–Crippen LogP) is 3.34. The summed E-state index contributed by atoms with van der Waals surface area (Å²) < 4.78 is 5.73. The van der Waals surface area contributed by atoms with Gasteiger partial charge in [0.2, 0.25) is 0 Å². The number of nitrogens with zero attached hydrogens (tertiary/aromatic N) is 1. The number of carbonyl (C=O) groups excluding carboxylic acids is 1. The molecule has 0 saturated carbocycles. The Morgan fingerprint density at radius 3 is 2.44 bits per heavy atom. The van der Waals surface area contributed by atoms with Crippen LogP contribution in [0.15, 0.2) is 40.8 Å². The van der Waals surface area contributed by atoms with Gasteiger partial charge < -0.3 is 14.4 Å². The number of aliphatic carboxylic acids is 1. The lowest BCUT2D eigenvalue weighted by Gasteiger charge is -2.15. The number of carboxylic acid groups (broad SMARTS) is 1.